The summed E-state index contributed by atoms with van der Waals surface area (Å²) >= 11 is 0. The number of pyridine rings is 1. The normalized spacial score (nSPS) is 13.6. The molecule has 0 unspecified atom stereocenters. The maximum absolute atomic E-state index is 4.14. The van der Waals surface area contributed by atoms with Gasteiger partial charge in [0.05, 0.1) is 0 Å². The molecule has 1 heterocycles. The third-order valence-corrected chi connectivity index (χ3v) is 8.70. The van der Waals surface area contributed by atoms with Gasteiger partial charge in [0, 0.05) is 17.8 Å². The van der Waals surface area contributed by atoms with E-state index in [0.29, 0.717) is 0 Å². The predicted octanol–water partition coefficient (Wildman–Crippen LogP) is 10.2. The molecule has 8 rings (SSSR count). The second kappa shape index (κ2) is 8.12. The molecule has 0 saturated carbocycles. The minimum Gasteiger partial charge on any atom is -0.265 e. The van der Waals surface area contributed by atoms with Gasteiger partial charge >= 0.3 is 0 Å². The lowest BCUT2D eigenvalue weighted by Crippen LogP contribution is -2.16. The molecular formula is C38H27N. The van der Waals surface area contributed by atoms with Crippen molar-refractivity contribution in [2.45, 2.75) is 19.3 Å². The smallest absolute Gasteiger partial charge is 0.0273 e. The molecule has 0 aliphatic heterocycles. The Morgan fingerprint density at radius 3 is 1.74 bits per heavy atom. The summed E-state index contributed by atoms with van der Waals surface area (Å²) in [5, 5.41) is 8.03. The van der Waals surface area contributed by atoms with Crippen LogP contribution >= 0.6 is 0 Å². The molecule has 0 fully saturated rings. The van der Waals surface area contributed by atoms with Crippen LogP contribution in [-0.2, 0) is 5.41 Å². The Kier molecular flexibility index (Phi) is 4.63. The summed E-state index contributed by atoms with van der Waals surface area (Å²) in [5.74, 6) is 0. The number of hydrogen-bond acceptors (Lipinski definition) is 1. The quantitative estimate of drug-likeness (QED) is 0.217. The van der Waals surface area contributed by atoms with Crippen LogP contribution in [0.5, 0.6) is 0 Å². The molecule has 1 nitrogen and oxygen atoms in total. The number of hydrogen-bond donors (Lipinski definition) is 0. The number of aromatic nitrogens is 1. The molecule has 6 aromatic carbocycles. The van der Waals surface area contributed by atoms with E-state index in [2.05, 4.69) is 134 Å². The Balaban J connectivity index is 1.31. The standard InChI is InChI=1S/C38H27N/c1-38(2)36-29-17-15-27(25-13-11-24(12-14-25)26-19-21-39-22-20-26)23-28(29)16-18-34(36)35-32-9-5-3-7-30(32)31-8-4-6-10-33(31)37(35)38/h3-23H,1-2H3. The molecule has 0 bridgehead atoms. The lowest BCUT2D eigenvalue weighted by Gasteiger charge is -2.25. The highest BCUT2D eigenvalue weighted by atomic mass is 14.6. The van der Waals surface area contributed by atoms with Crippen molar-refractivity contribution in [3.8, 4) is 33.4 Å². The predicted molar refractivity (Wildman–Crippen MR) is 165 cm³/mol. The molecule has 0 spiro atoms. The molecule has 1 heteroatoms. The van der Waals surface area contributed by atoms with Gasteiger partial charge in [-0.1, -0.05) is 111 Å². The summed E-state index contributed by atoms with van der Waals surface area (Å²) in [6, 6.07) is 42.5. The number of benzene rings is 6. The third kappa shape index (κ3) is 3.17. The van der Waals surface area contributed by atoms with Crippen LogP contribution in [0, 0.1) is 0 Å². The molecule has 1 aliphatic rings. The van der Waals surface area contributed by atoms with E-state index in [1.54, 1.807) is 0 Å². The summed E-state index contributed by atoms with van der Waals surface area (Å²) in [4.78, 5) is 4.14. The van der Waals surface area contributed by atoms with Crippen molar-refractivity contribution in [3.63, 3.8) is 0 Å². The van der Waals surface area contributed by atoms with E-state index in [-0.39, 0.29) is 5.41 Å². The first kappa shape index (κ1) is 22.3. The van der Waals surface area contributed by atoms with Crippen LogP contribution in [0.25, 0.3) is 65.7 Å². The highest BCUT2D eigenvalue weighted by Crippen LogP contribution is 2.56. The molecule has 184 valence electrons. The van der Waals surface area contributed by atoms with E-state index in [0.717, 1.165) is 0 Å². The molecule has 1 aliphatic carbocycles. The van der Waals surface area contributed by atoms with Crippen molar-refractivity contribution in [1.29, 1.82) is 0 Å². The number of rotatable bonds is 2. The number of nitrogens with zero attached hydrogens (tertiary/aromatic N) is 1. The third-order valence-electron chi connectivity index (χ3n) is 8.70. The number of fused-ring (bicyclic) bond motifs is 10. The summed E-state index contributed by atoms with van der Waals surface area (Å²) < 4.78 is 0. The van der Waals surface area contributed by atoms with Gasteiger partial charge < -0.3 is 0 Å². The molecule has 1 aromatic heterocycles. The molecule has 0 atom stereocenters. The summed E-state index contributed by atoms with van der Waals surface area (Å²) in [7, 11) is 0. The Labute approximate surface area is 228 Å². The van der Waals surface area contributed by atoms with E-state index in [1.165, 1.54) is 76.8 Å². The van der Waals surface area contributed by atoms with Crippen LogP contribution in [0.2, 0.25) is 0 Å². The first-order chi connectivity index (χ1) is 19.1. The first-order valence-electron chi connectivity index (χ1n) is 13.6. The van der Waals surface area contributed by atoms with Crippen molar-refractivity contribution in [3.05, 3.63) is 139 Å². The molecule has 0 amide bonds. The monoisotopic (exact) mass is 497 g/mol. The zero-order valence-corrected chi connectivity index (χ0v) is 22.1. The second-order valence-electron chi connectivity index (χ2n) is 11.2. The fraction of sp³-hybridized carbons (Fsp3) is 0.0789. The van der Waals surface area contributed by atoms with Crippen molar-refractivity contribution in [2.75, 3.05) is 0 Å². The van der Waals surface area contributed by atoms with Crippen molar-refractivity contribution in [1.82, 2.24) is 4.98 Å². The summed E-state index contributed by atoms with van der Waals surface area (Å²) in [6.07, 6.45) is 3.69. The highest BCUT2D eigenvalue weighted by molar-refractivity contribution is 6.19. The van der Waals surface area contributed by atoms with Gasteiger partial charge in [-0.05, 0) is 95.0 Å². The Morgan fingerprint density at radius 2 is 1.03 bits per heavy atom. The van der Waals surface area contributed by atoms with Crippen molar-refractivity contribution in [2.24, 2.45) is 0 Å². The highest BCUT2D eigenvalue weighted by Gasteiger charge is 2.39. The van der Waals surface area contributed by atoms with E-state index >= 15 is 0 Å². The van der Waals surface area contributed by atoms with E-state index in [1.807, 2.05) is 12.4 Å². The molecule has 7 aromatic rings. The van der Waals surface area contributed by atoms with Crippen molar-refractivity contribution < 1.29 is 0 Å². The second-order valence-corrected chi connectivity index (χ2v) is 11.2. The van der Waals surface area contributed by atoms with E-state index in [4.69, 9.17) is 0 Å². The van der Waals surface area contributed by atoms with Crippen molar-refractivity contribution >= 4 is 32.3 Å². The topological polar surface area (TPSA) is 12.9 Å². The lowest BCUT2D eigenvalue weighted by atomic mass is 9.77. The van der Waals surface area contributed by atoms with Gasteiger partial charge in [0.2, 0.25) is 0 Å². The van der Waals surface area contributed by atoms with Gasteiger partial charge in [0.1, 0.15) is 0 Å². The molecule has 39 heavy (non-hydrogen) atoms. The Bertz CT molecular complexity index is 2070. The molecule has 0 N–H and O–H groups in total. The molecular weight excluding hydrogens is 470 g/mol. The lowest BCUT2D eigenvalue weighted by molar-refractivity contribution is 0.672. The van der Waals surface area contributed by atoms with Gasteiger partial charge in [-0.2, -0.15) is 0 Å². The maximum atomic E-state index is 4.14. The maximum Gasteiger partial charge on any atom is 0.0273 e. The van der Waals surface area contributed by atoms with Crippen LogP contribution in [0.15, 0.2) is 128 Å². The van der Waals surface area contributed by atoms with E-state index in [9.17, 15) is 0 Å². The van der Waals surface area contributed by atoms with Crippen LogP contribution in [0.3, 0.4) is 0 Å². The van der Waals surface area contributed by atoms with Crippen LogP contribution < -0.4 is 0 Å². The fourth-order valence-corrected chi connectivity index (χ4v) is 6.99. The van der Waals surface area contributed by atoms with Gasteiger partial charge in [-0.3, -0.25) is 4.98 Å². The zero-order chi connectivity index (χ0) is 26.1. The Hall–Kier alpha value is -4.75. The average molecular weight is 498 g/mol. The summed E-state index contributed by atoms with van der Waals surface area (Å²) in [6.45, 7) is 4.81. The minimum absolute atomic E-state index is 0.110. The van der Waals surface area contributed by atoms with Crippen LogP contribution in [0.4, 0.5) is 0 Å². The van der Waals surface area contributed by atoms with E-state index < -0.39 is 0 Å². The zero-order valence-electron chi connectivity index (χ0n) is 22.1. The molecule has 0 radical (unpaired) electrons. The van der Waals surface area contributed by atoms with Crippen LogP contribution in [-0.4, -0.2) is 4.98 Å². The largest absolute Gasteiger partial charge is 0.265 e. The average Bonchev–Trinajstić information content (AvgIpc) is 3.25. The van der Waals surface area contributed by atoms with Gasteiger partial charge in [0.15, 0.2) is 0 Å². The SMILES string of the molecule is CC1(C)c2c(ccc3cc(-c4ccc(-c5ccncc5)cc4)ccc23)-c2c1c1ccccc1c1ccccc21. The minimum atomic E-state index is -0.110. The first-order valence-corrected chi connectivity index (χ1v) is 13.6. The summed E-state index contributed by atoms with van der Waals surface area (Å²) in [5.41, 5.74) is 10.4. The molecule has 0 saturated heterocycles. The van der Waals surface area contributed by atoms with Gasteiger partial charge in [-0.25, -0.2) is 0 Å². The van der Waals surface area contributed by atoms with Crippen LogP contribution in [0.1, 0.15) is 25.0 Å². The Morgan fingerprint density at radius 1 is 0.462 bits per heavy atom. The fourth-order valence-electron chi connectivity index (χ4n) is 6.99. The van der Waals surface area contributed by atoms with Gasteiger partial charge in [-0.15, -0.1) is 0 Å². The van der Waals surface area contributed by atoms with Gasteiger partial charge in [0.25, 0.3) is 0 Å².